The Morgan fingerprint density at radius 2 is 2.25 bits per heavy atom. The molecule has 0 unspecified atom stereocenters. The van der Waals surface area contributed by atoms with Gasteiger partial charge in [-0.3, -0.25) is 5.10 Å². The summed E-state index contributed by atoms with van der Waals surface area (Å²) in [4.78, 5) is -0.122. The highest BCUT2D eigenvalue weighted by molar-refractivity contribution is 7.90. The molecule has 0 bridgehead atoms. The van der Waals surface area contributed by atoms with Crippen molar-refractivity contribution in [2.45, 2.75) is 11.5 Å². The summed E-state index contributed by atoms with van der Waals surface area (Å²) >= 11 is 0. The second-order valence-electron chi connectivity index (χ2n) is 4.04. The lowest BCUT2D eigenvalue weighted by molar-refractivity contribution is 0.289. The first kappa shape index (κ1) is 14.0. The van der Waals surface area contributed by atoms with Crippen LogP contribution in [0.4, 0.5) is 4.39 Å². The van der Waals surface area contributed by atoms with Crippen LogP contribution in [0.15, 0.2) is 29.3 Å². The van der Waals surface area contributed by atoms with Crippen LogP contribution in [0.5, 0.6) is 5.75 Å². The summed E-state index contributed by atoms with van der Waals surface area (Å²) in [6, 6.07) is 5.27. The molecule has 0 atom stereocenters. The third-order valence-corrected chi connectivity index (χ3v) is 3.65. The molecule has 104 valence electrons. The lowest BCUT2D eigenvalue weighted by Gasteiger charge is -2.07. The second-order valence-corrected chi connectivity index (χ2v) is 6.05. The van der Waals surface area contributed by atoms with Crippen LogP contribution in [0.25, 0.3) is 0 Å². The predicted molar refractivity (Wildman–Crippen MR) is 67.1 cm³/mol. The number of hydrogen-bond donors (Lipinski definition) is 1. The van der Waals surface area contributed by atoms with Crippen molar-refractivity contribution in [3.63, 3.8) is 0 Å². The molecular weight excluding hydrogens is 285 g/mol. The number of nitrogens with zero attached hydrogens (tertiary/aromatic N) is 2. The van der Waals surface area contributed by atoms with Crippen LogP contribution in [0.1, 0.15) is 11.3 Å². The van der Waals surface area contributed by atoms with Gasteiger partial charge in [-0.15, -0.1) is 0 Å². The van der Waals surface area contributed by atoms with Gasteiger partial charge >= 0.3 is 0 Å². The van der Waals surface area contributed by atoms with Crippen LogP contribution < -0.4 is 4.74 Å². The average molecular weight is 295 g/mol. The first-order valence-electron chi connectivity index (χ1n) is 5.46. The van der Waals surface area contributed by atoms with Crippen molar-refractivity contribution < 1.29 is 17.5 Å². The monoisotopic (exact) mass is 295 g/mol. The lowest BCUT2D eigenvalue weighted by Crippen LogP contribution is -2.01. The number of H-pyrrole nitrogens is 1. The molecular formula is C12H10FN3O3S. The van der Waals surface area contributed by atoms with Crippen LogP contribution in [0.2, 0.25) is 0 Å². The molecule has 0 saturated carbocycles. The molecule has 0 aliphatic carbocycles. The van der Waals surface area contributed by atoms with E-state index < -0.39 is 15.7 Å². The first-order chi connectivity index (χ1) is 9.41. The normalized spacial score (nSPS) is 11.1. The Balaban J connectivity index is 2.18. The van der Waals surface area contributed by atoms with Gasteiger partial charge < -0.3 is 4.74 Å². The van der Waals surface area contributed by atoms with Gasteiger partial charge in [-0.1, -0.05) is 0 Å². The maximum Gasteiger partial charge on any atom is 0.175 e. The summed E-state index contributed by atoms with van der Waals surface area (Å²) in [5.74, 6) is -0.877. The molecule has 0 aliphatic heterocycles. The molecule has 1 heterocycles. The maximum absolute atomic E-state index is 13.7. The van der Waals surface area contributed by atoms with E-state index in [2.05, 4.69) is 10.2 Å². The Hall–Kier alpha value is -2.40. The van der Waals surface area contributed by atoms with E-state index in [-0.39, 0.29) is 22.9 Å². The van der Waals surface area contributed by atoms with Crippen molar-refractivity contribution in [1.29, 1.82) is 5.26 Å². The number of benzene rings is 1. The zero-order valence-corrected chi connectivity index (χ0v) is 11.2. The lowest BCUT2D eigenvalue weighted by atomic mass is 10.3. The second kappa shape index (κ2) is 5.30. The minimum absolute atomic E-state index is 0.0471. The summed E-state index contributed by atoms with van der Waals surface area (Å²) in [5, 5.41) is 14.9. The summed E-state index contributed by atoms with van der Waals surface area (Å²) in [6.45, 7) is -0.0471. The van der Waals surface area contributed by atoms with Crippen molar-refractivity contribution in [2.75, 3.05) is 6.26 Å². The van der Waals surface area contributed by atoms with E-state index in [1.54, 1.807) is 0 Å². The molecule has 2 aromatic rings. The number of halogens is 1. The number of hydrogen-bond acceptors (Lipinski definition) is 5. The third-order valence-electron chi connectivity index (χ3n) is 2.54. The number of nitrogens with one attached hydrogen (secondary N) is 1. The van der Waals surface area contributed by atoms with Crippen molar-refractivity contribution in [1.82, 2.24) is 10.2 Å². The van der Waals surface area contributed by atoms with Crippen LogP contribution in [0, 0.1) is 17.1 Å². The number of rotatable bonds is 4. The molecule has 0 spiro atoms. The average Bonchev–Trinajstić information content (AvgIpc) is 2.83. The molecule has 1 aromatic heterocycles. The van der Waals surface area contributed by atoms with E-state index in [0.29, 0.717) is 5.56 Å². The van der Waals surface area contributed by atoms with E-state index in [1.807, 2.05) is 6.07 Å². The van der Waals surface area contributed by atoms with Crippen LogP contribution in [-0.4, -0.2) is 24.9 Å². The summed E-state index contributed by atoms with van der Waals surface area (Å²) in [6.07, 6.45) is 2.40. The van der Waals surface area contributed by atoms with Gasteiger partial charge in [0.25, 0.3) is 0 Å². The Morgan fingerprint density at radius 3 is 2.85 bits per heavy atom. The van der Waals surface area contributed by atoms with Gasteiger partial charge in [0, 0.05) is 11.8 Å². The topological polar surface area (TPSA) is 95.8 Å². The first-order valence-corrected chi connectivity index (χ1v) is 7.35. The quantitative estimate of drug-likeness (QED) is 0.919. The van der Waals surface area contributed by atoms with Gasteiger partial charge in [-0.25, -0.2) is 12.8 Å². The molecule has 0 aliphatic rings. The fourth-order valence-electron chi connectivity index (χ4n) is 1.50. The molecule has 6 nitrogen and oxygen atoms in total. The zero-order chi connectivity index (χ0) is 14.8. The molecule has 0 radical (unpaired) electrons. The highest BCUT2D eigenvalue weighted by Gasteiger charge is 2.13. The minimum Gasteiger partial charge on any atom is -0.486 e. The summed E-state index contributed by atoms with van der Waals surface area (Å²) in [7, 11) is -3.46. The van der Waals surface area contributed by atoms with Gasteiger partial charge in [0.2, 0.25) is 0 Å². The Kier molecular flexibility index (Phi) is 3.72. The number of sulfone groups is 1. The van der Waals surface area contributed by atoms with Crippen LogP contribution in [0.3, 0.4) is 0 Å². The molecule has 20 heavy (non-hydrogen) atoms. The van der Waals surface area contributed by atoms with E-state index in [1.165, 1.54) is 18.3 Å². The minimum atomic E-state index is -3.46. The van der Waals surface area contributed by atoms with Crippen molar-refractivity contribution >= 4 is 9.84 Å². The van der Waals surface area contributed by atoms with Crippen LogP contribution >= 0.6 is 0 Å². The standard InChI is InChI=1S/C12H10FN3O3S/c1-20(17,18)9-2-3-12(10(13)4-9)19-7-8-6-15-16-11(8)5-14/h2-4,6H,7H2,1H3,(H,15,16). The number of nitriles is 1. The number of ether oxygens (including phenoxy) is 1. The fourth-order valence-corrected chi connectivity index (χ4v) is 2.13. The Morgan fingerprint density at radius 1 is 1.50 bits per heavy atom. The molecule has 8 heteroatoms. The van der Waals surface area contributed by atoms with Crippen molar-refractivity contribution in [3.05, 3.63) is 41.5 Å². The molecule has 1 N–H and O–H groups in total. The van der Waals surface area contributed by atoms with Crippen molar-refractivity contribution in [3.8, 4) is 11.8 Å². The van der Waals surface area contributed by atoms with Gasteiger partial charge in [-0.05, 0) is 18.2 Å². The van der Waals surface area contributed by atoms with Gasteiger partial charge in [0.15, 0.2) is 21.4 Å². The number of aromatic nitrogens is 2. The third kappa shape index (κ3) is 2.95. The summed E-state index contributed by atoms with van der Waals surface area (Å²) in [5.41, 5.74) is 0.720. The number of aromatic amines is 1. The fraction of sp³-hybridized carbons (Fsp3) is 0.167. The highest BCUT2D eigenvalue weighted by atomic mass is 32.2. The Bertz CT molecular complexity index is 777. The van der Waals surface area contributed by atoms with Crippen molar-refractivity contribution in [2.24, 2.45) is 0 Å². The highest BCUT2D eigenvalue weighted by Crippen LogP contribution is 2.22. The maximum atomic E-state index is 13.7. The largest absolute Gasteiger partial charge is 0.486 e. The van der Waals surface area contributed by atoms with Gasteiger partial charge in [0.05, 0.1) is 11.1 Å². The summed E-state index contributed by atoms with van der Waals surface area (Å²) < 4.78 is 41.5. The predicted octanol–water partition coefficient (Wildman–Crippen LogP) is 1.40. The molecule has 0 fully saturated rings. The zero-order valence-electron chi connectivity index (χ0n) is 10.4. The van der Waals surface area contributed by atoms with E-state index in [9.17, 15) is 12.8 Å². The van der Waals surface area contributed by atoms with Crippen LogP contribution in [-0.2, 0) is 16.4 Å². The molecule has 0 saturated heterocycles. The van der Waals surface area contributed by atoms with E-state index in [0.717, 1.165) is 12.3 Å². The SMILES string of the molecule is CS(=O)(=O)c1ccc(OCc2cn[nH]c2C#N)c(F)c1. The van der Waals surface area contributed by atoms with E-state index in [4.69, 9.17) is 10.00 Å². The molecule has 2 rings (SSSR count). The van der Waals surface area contributed by atoms with E-state index >= 15 is 0 Å². The molecule has 0 amide bonds. The molecule has 1 aromatic carbocycles. The van der Waals surface area contributed by atoms with Gasteiger partial charge in [0.1, 0.15) is 18.4 Å². The smallest absolute Gasteiger partial charge is 0.175 e. The van der Waals surface area contributed by atoms with Gasteiger partial charge in [-0.2, -0.15) is 10.4 Å². The Labute approximate surface area is 114 Å².